The quantitative estimate of drug-likeness (QED) is 0.670. The van der Waals surface area contributed by atoms with E-state index in [0.717, 1.165) is 33.3 Å². The normalized spacial score (nSPS) is 10.6. The van der Waals surface area contributed by atoms with Gasteiger partial charge in [0.25, 0.3) is 0 Å². The van der Waals surface area contributed by atoms with Gasteiger partial charge in [-0.05, 0) is 48.7 Å². The highest BCUT2D eigenvalue weighted by atomic mass is 16.2. The molecule has 0 spiro atoms. The van der Waals surface area contributed by atoms with Crippen LogP contribution in [0, 0.1) is 13.8 Å². The minimum Gasteiger partial charge on any atom is -0.361 e. The summed E-state index contributed by atoms with van der Waals surface area (Å²) >= 11 is 0. The molecule has 1 heterocycles. The van der Waals surface area contributed by atoms with E-state index in [4.69, 9.17) is 0 Å². The maximum absolute atomic E-state index is 12.1. The summed E-state index contributed by atoms with van der Waals surface area (Å²) in [6.45, 7) is 3.91. The first-order valence-corrected chi connectivity index (χ1v) is 8.21. The van der Waals surface area contributed by atoms with Crippen LogP contribution in [0.3, 0.4) is 0 Å². The van der Waals surface area contributed by atoms with E-state index in [2.05, 4.69) is 15.6 Å². The number of rotatable bonds is 5. The van der Waals surface area contributed by atoms with Gasteiger partial charge >= 0.3 is 0 Å². The Bertz CT molecular complexity index is 907. The third-order valence-corrected chi connectivity index (χ3v) is 3.98. The van der Waals surface area contributed by atoms with Crippen LogP contribution < -0.4 is 10.6 Å². The Morgan fingerprint density at radius 3 is 2.48 bits per heavy atom. The van der Waals surface area contributed by atoms with Crippen LogP contribution in [0.1, 0.15) is 16.7 Å². The van der Waals surface area contributed by atoms with Crippen molar-refractivity contribution < 1.29 is 9.59 Å². The van der Waals surface area contributed by atoms with Gasteiger partial charge in [-0.15, -0.1) is 0 Å². The molecule has 3 aromatic rings. The first-order chi connectivity index (χ1) is 12.0. The van der Waals surface area contributed by atoms with Gasteiger partial charge in [0.2, 0.25) is 11.8 Å². The molecule has 0 saturated heterocycles. The van der Waals surface area contributed by atoms with Crippen LogP contribution in [0.5, 0.6) is 0 Å². The van der Waals surface area contributed by atoms with Crippen LogP contribution in [-0.2, 0) is 16.0 Å². The van der Waals surface area contributed by atoms with Gasteiger partial charge in [0.05, 0.1) is 13.0 Å². The van der Waals surface area contributed by atoms with Gasteiger partial charge in [-0.3, -0.25) is 9.59 Å². The maximum atomic E-state index is 12.1. The van der Waals surface area contributed by atoms with Crippen molar-refractivity contribution in [1.29, 1.82) is 0 Å². The molecule has 0 saturated carbocycles. The molecule has 0 bridgehead atoms. The molecule has 0 unspecified atom stereocenters. The van der Waals surface area contributed by atoms with E-state index >= 15 is 0 Å². The summed E-state index contributed by atoms with van der Waals surface area (Å²) in [5.74, 6) is -0.419. The largest absolute Gasteiger partial charge is 0.361 e. The Kier molecular flexibility index (Phi) is 4.84. The second-order valence-electron chi connectivity index (χ2n) is 6.24. The molecule has 5 heteroatoms. The van der Waals surface area contributed by atoms with Crippen LogP contribution in [0.4, 0.5) is 5.69 Å². The highest BCUT2D eigenvalue weighted by molar-refractivity contribution is 5.95. The van der Waals surface area contributed by atoms with Crippen molar-refractivity contribution >= 4 is 28.4 Å². The number of hydrogen-bond donors (Lipinski definition) is 3. The Morgan fingerprint density at radius 2 is 1.72 bits per heavy atom. The van der Waals surface area contributed by atoms with E-state index in [1.165, 1.54) is 0 Å². The van der Waals surface area contributed by atoms with Crippen molar-refractivity contribution in [2.75, 3.05) is 11.9 Å². The predicted octanol–water partition coefficient (Wildman–Crippen LogP) is 3.08. The molecular formula is C20H21N3O2. The van der Waals surface area contributed by atoms with E-state index in [-0.39, 0.29) is 24.8 Å². The summed E-state index contributed by atoms with van der Waals surface area (Å²) in [5, 5.41) is 6.50. The molecule has 2 amide bonds. The van der Waals surface area contributed by atoms with Crippen LogP contribution in [0.25, 0.3) is 10.9 Å². The smallest absolute Gasteiger partial charge is 0.243 e. The number of amides is 2. The number of hydrogen-bond acceptors (Lipinski definition) is 2. The van der Waals surface area contributed by atoms with Gasteiger partial charge in [0, 0.05) is 22.8 Å². The highest BCUT2D eigenvalue weighted by Crippen LogP contribution is 2.18. The fourth-order valence-electron chi connectivity index (χ4n) is 2.94. The number of nitrogens with one attached hydrogen (secondary N) is 3. The van der Waals surface area contributed by atoms with E-state index in [9.17, 15) is 9.59 Å². The lowest BCUT2D eigenvalue weighted by Crippen LogP contribution is -2.33. The number of aromatic nitrogens is 1. The third kappa shape index (κ3) is 4.26. The van der Waals surface area contributed by atoms with Gasteiger partial charge in [0.15, 0.2) is 0 Å². The van der Waals surface area contributed by atoms with Gasteiger partial charge in [-0.2, -0.15) is 0 Å². The molecule has 0 atom stereocenters. The number of aryl methyl sites for hydroxylation is 2. The van der Waals surface area contributed by atoms with E-state index in [1.54, 1.807) is 0 Å². The number of benzene rings is 2. The van der Waals surface area contributed by atoms with E-state index < -0.39 is 0 Å². The molecule has 128 valence electrons. The summed E-state index contributed by atoms with van der Waals surface area (Å²) < 4.78 is 0. The summed E-state index contributed by atoms with van der Waals surface area (Å²) in [7, 11) is 0. The SMILES string of the molecule is Cc1cc(C)cc(NC(=O)CNC(=O)Cc2c[nH]c3ccccc23)c1. The molecule has 3 N–H and O–H groups in total. The van der Waals surface area contributed by atoms with Crippen molar-refractivity contribution in [2.45, 2.75) is 20.3 Å². The van der Waals surface area contributed by atoms with Gasteiger partial charge in [0.1, 0.15) is 0 Å². The Morgan fingerprint density at radius 1 is 1.00 bits per heavy atom. The molecule has 5 nitrogen and oxygen atoms in total. The minimum absolute atomic E-state index is 0.0474. The zero-order valence-electron chi connectivity index (χ0n) is 14.3. The number of fused-ring (bicyclic) bond motifs is 1. The van der Waals surface area contributed by atoms with Crippen LogP contribution in [-0.4, -0.2) is 23.3 Å². The summed E-state index contributed by atoms with van der Waals surface area (Å²) in [5.41, 5.74) is 4.83. The minimum atomic E-state index is -0.239. The summed E-state index contributed by atoms with van der Waals surface area (Å²) in [6.07, 6.45) is 2.07. The highest BCUT2D eigenvalue weighted by Gasteiger charge is 2.10. The van der Waals surface area contributed by atoms with Crippen molar-refractivity contribution in [3.63, 3.8) is 0 Å². The molecular weight excluding hydrogens is 314 g/mol. The third-order valence-electron chi connectivity index (χ3n) is 3.98. The van der Waals surface area contributed by atoms with Gasteiger partial charge in [-0.25, -0.2) is 0 Å². The van der Waals surface area contributed by atoms with Crippen LogP contribution in [0.2, 0.25) is 0 Å². The molecule has 0 aliphatic heterocycles. The van der Waals surface area contributed by atoms with Crippen molar-refractivity contribution in [2.24, 2.45) is 0 Å². The Hall–Kier alpha value is -3.08. The molecule has 2 aromatic carbocycles. The fraction of sp³-hybridized carbons (Fsp3) is 0.200. The first-order valence-electron chi connectivity index (χ1n) is 8.21. The number of carbonyl (C=O) groups is 2. The Labute approximate surface area is 146 Å². The zero-order chi connectivity index (χ0) is 17.8. The maximum Gasteiger partial charge on any atom is 0.243 e. The predicted molar refractivity (Wildman–Crippen MR) is 99.6 cm³/mol. The van der Waals surface area contributed by atoms with Crippen molar-refractivity contribution in [1.82, 2.24) is 10.3 Å². The molecule has 0 radical (unpaired) electrons. The summed E-state index contributed by atoms with van der Waals surface area (Å²) in [6, 6.07) is 13.7. The van der Waals surface area contributed by atoms with Crippen molar-refractivity contribution in [3.8, 4) is 0 Å². The first kappa shape index (κ1) is 16.8. The molecule has 0 aliphatic carbocycles. The van der Waals surface area contributed by atoms with Crippen molar-refractivity contribution in [3.05, 3.63) is 65.4 Å². The molecule has 1 aromatic heterocycles. The van der Waals surface area contributed by atoms with Crippen LogP contribution in [0.15, 0.2) is 48.7 Å². The molecule has 3 rings (SSSR count). The fourth-order valence-corrected chi connectivity index (χ4v) is 2.94. The van der Waals surface area contributed by atoms with E-state index in [1.807, 2.05) is 62.5 Å². The number of H-pyrrole nitrogens is 1. The molecule has 25 heavy (non-hydrogen) atoms. The number of anilines is 1. The zero-order valence-corrected chi connectivity index (χ0v) is 14.3. The number of para-hydroxylation sites is 1. The second kappa shape index (κ2) is 7.21. The lowest BCUT2D eigenvalue weighted by atomic mass is 10.1. The number of carbonyl (C=O) groups excluding carboxylic acids is 2. The Balaban J connectivity index is 1.54. The van der Waals surface area contributed by atoms with Crippen LogP contribution >= 0.6 is 0 Å². The topological polar surface area (TPSA) is 74.0 Å². The molecule has 0 fully saturated rings. The van der Waals surface area contributed by atoms with Gasteiger partial charge < -0.3 is 15.6 Å². The summed E-state index contributed by atoms with van der Waals surface area (Å²) in [4.78, 5) is 27.3. The van der Waals surface area contributed by atoms with E-state index in [0.29, 0.717) is 0 Å². The standard InChI is InChI=1S/C20H21N3O2/c1-13-7-14(2)9-16(8-13)23-20(25)12-22-19(24)10-15-11-21-18-6-4-3-5-17(15)18/h3-9,11,21H,10,12H2,1-2H3,(H,22,24)(H,23,25). The average molecular weight is 335 g/mol. The lowest BCUT2D eigenvalue weighted by molar-refractivity contribution is -0.123. The lowest BCUT2D eigenvalue weighted by Gasteiger charge is -2.08. The second-order valence-corrected chi connectivity index (χ2v) is 6.24. The monoisotopic (exact) mass is 335 g/mol. The average Bonchev–Trinajstić information content (AvgIpc) is 2.95. The van der Waals surface area contributed by atoms with Gasteiger partial charge in [-0.1, -0.05) is 24.3 Å². The number of aromatic amines is 1. The molecule has 0 aliphatic rings.